The fourth-order valence-electron chi connectivity index (χ4n) is 3.04. The van der Waals surface area contributed by atoms with E-state index >= 15 is 0 Å². The van der Waals surface area contributed by atoms with Crippen molar-refractivity contribution in [1.29, 1.82) is 0 Å². The summed E-state index contributed by atoms with van der Waals surface area (Å²) in [4.78, 5) is 2.75. The fraction of sp³-hybridized carbons (Fsp3) is 1.00. The molecule has 1 heterocycles. The zero-order valence-corrected chi connectivity index (χ0v) is 10.4. The lowest BCUT2D eigenvalue weighted by Gasteiger charge is -2.38. The van der Waals surface area contributed by atoms with Gasteiger partial charge in [0.1, 0.15) is 0 Å². The lowest BCUT2D eigenvalue weighted by Crippen LogP contribution is -2.52. The van der Waals surface area contributed by atoms with E-state index in [0.29, 0.717) is 0 Å². The van der Waals surface area contributed by atoms with Crippen molar-refractivity contribution in [1.82, 2.24) is 10.2 Å². The van der Waals surface area contributed by atoms with Crippen molar-refractivity contribution in [2.75, 3.05) is 26.2 Å². The molecule has 1 saturated heterocycles. The molecule has 0 bridgehead atoms. The molecule has 1 aliphatic heterocycles. The van der Waals surface area contributed by atoms with E-state index in [9.17, 15) is 0 Å². The molecule has 2 rings (SSSR count). The third-order valence-corrected chi connectivity index (χ3v) is 4.22. The normalized spacial score (nSPS) is 30.4. The number of nitrogens with zero attached hydrogens (tertiary/aromatic N) is 1. The molecule has 1 N–H and O–H groups in total. The van der Waals surface area contributed by atoms with E-state index in [2.05, 4.69) is 24.1 Å². The second-order valence-electron chi connectivity index (χ2n) is 5.49. The van der Waals surface area contributed by atoms with Gasteiger partial charge >= 0.3 is 0 Å². The highest BCUT2D eigenvalue weighted by Crippen LogP contribution is 2.50. The molecule has 2 fully saturated rings. The van der Waals surface area contributed by atoms with E-state index in [1.807, 2.05) is 0 Å². The summed E-state index contributed by atoms with van der Waals surface area (Å²) in [6.45, 7) is 9.70. The molecule has 1 unspecified atom stereocenters. The van der Waals surface area contributed by atoms with Gasteiger partial charge in [0, 0.05) is 32.2 Å². The van der Waals surface area contributed by atoms with Crippen LogP contribution in [0.2, 0.25) is 0 Å². The lowest BCUT2D eigenvalue weighted by molar-refractivity contribution is 0.123. The highest BCUT2D eigenvalue weighted by atomic mass is 15.2. The van der Waals surface area contributed by atoms with Crippen molar-refractivity contribution in [3.63, 3.8) is 0 Å². The molecular formula is C13H26N2. The van der Waals surface area contributed by atoms with Crippen LogP contribution in [0.4, 0.5) is 0 Å². The molecule has 88 valence electrons. The zero-order valence-electron chi connectivity index (χ0n) is 10.4. The van der Waals surface area contributed by atoms with Gasteiger partial charge in [-0.2, -0.15) is 0 Å². The molecule has 15 heavy (non-hydrogen) atoms. The zero-order chi connectivity index (χ0) is 10.7. The van der Waals surface area contributed by atoms with Gasteiger partial charge in [-0.15, -0.1) is 0 Å². The number of nitrogens with one attached hydrogen (secondary N) is 1. The van der Waals surface area contributed by atoms with Gasteiger partial charge in [-0.3, -0.25) is 4.90 Å². The molecule has 0 aromatic carbocycles. The minimum atomic E-state index is 0.736. The molecular weight excluding hydrogens is 184 g/mol. The van der Waals surface area contributed by atoms with Crippen LogP contribution >= 0.6 is 0 Å². The quantitative estimate of drug-likeness (QED) is 0.749. The maximum absolute atomic E-state index is 3.51. The Labute approximate surface area is 94.4 Å². The smallest absolute Gasteiger partial charge is 0.0218 e. The summed E-state index contributed by atoms with van der Waals surface area (Å²) in [7, 11) is 0. The Morgan fingerprint density at radius 1 is 1.33 bits per heavy atom. The molecule has 1 atom stereocenters. The van der Waals surface area contributed by atoms with Gasteiger partial charge in [-0.1, -0.05) is 20.3 Å². The SMILES string of the molecule is CCCC1(CN2CCNCC2CC)CC1. The predicted octanol–water partition coefficient (Wildman–Crippen LogP) is 2.25. The van der Waals surface area contributed by atoms with Gasteiger partial charge in [0.15, 0.2) is 0 Å². The van der Waals surface area contributed by atoms with E-state index in [1.165, 1.54) is 58.3 Å². The van der Waals surface area contributed by atoms with E-state index in [0.717, 1.165) is 11.5 Å². The van der Waals surface area contributed by atoms with E-state index in [1.54, 1.807) is 0 Å². The van der Waals surface area contributed by atoms with Crippen LogP contribution in [0.5, 0.6) is 0 Å². The van der Waals surface area contributed by atoms with Crippen LogP contribution in [0.3, 0.4) is 0 Å². The van der Waals surface area contributed by atoms with E-state index < -0.39 is 0 Å². The van der Waals surface area contributed by atoms with Crippen molar-refractivity contribution >= 4 is 0 Å². The Morgan fingerprint density at radius 2 is 2.13 bits per heavy atom. The second kappa shape index (κ2) is 4.84. The molecule has 0 radical (unpaired) electrons. The highest BCUT2D eigenvalue weighted by Gasteiger charge is 2.43. The van der Waals surface area contributed by atoms with Crippen molar-refractivity contribution in [3.8, 4) is 0 Å². The summed E-state index contributed by atoms with van der Waals surface area (Å²) in [5.74, 6) is 0. The molecule has 0 aromatic rings. The van der Waals surface area contributed by atoms with Crippen LogP contribution in [0.15, 0.2) is 0 Å². The Kier molecular flexibility index (Phi) is 3.68. The van der Waals surface area contributed by atoms with E-state index in [-0.39, 0.29) is 0 Å². The van der Waals surface area contributed by atoms with Crippen LogP contribution in [0.1, 0.15) is 46.0 Å². The number of hydrogen-bond acceptors (Lipinski definition) is 2. The minimum Gasteiger partial charge on any atom is -0.314 e. The summed E-state index contributed by atoms with van der Waals surface area (Å²) >= 11 is 0. The first kappa shape index (κ1) is 11.4. The summed E-state index contributed by atoms with van der Waals surface area (Å²) in [5, 5.41) is 3.51. The molecule has 0 aromatic heterocycles. The van der Waals surface area contributed by atoms with Crippen LogP contribution in [0, 0.1) is 5.41 Å². The second-order valence-corrected chi connectivity index (χ2v) is 5.49. The van der Waals surface area contributed by atoms with Crippen molar-refractivity contribution in [2.24, 2.45) is 5.41 Å². The lowest BCUT2D eigenvalue weighted by atomic mass is 9.98. The van der Waals surface area contributed by atoms with Gasteiger partial charge in [0.05, 0.1) is 0 Å². The van der Waals surface area contributed by atoms with Gasteiger partial charge in [0.2, 0.25) is 0 Å². The topological polar surface area (TPSA) is 15.3 Å². The van der Waals surface area contributed by atoms with Gasteiger partial charge in [-0.25, -0.2) is 0 Å². The largest absolute Gasteiger partial charge is 0.314 e. The fourth-order valence-corrected chi connectivity index (χ4v) is 3.04. The van der Waals surface area contributed by atoms with Crippen molar-refractivity contribution in [3.05, 3.63) is 0 Å². The van der Waals surface area contributed by atoms with Crippen molar-refractivity contribution < 1.29 is 0 Å². The molecule has 1 saturated carbocycles. The van der Waals surface area contributed by atoms with Crippen LogP contribution in [0.25, 0.3) is 0 Å². The predicted molar refractivity (Wildman–Crippen MR) is 65.1 cm³/mol. The van der Waals surface area contributed by atoms with Crippen molar-refractivity contribution in [2.45, 2.75) is 52.0 Å². The number of piperazine rings is 1. The summed E-state index contributed by atoms with van der Waals surface area (Å²) in [6, 6.07) is 0.799. The summed E-state index contributed by atoms with van der Waals surface area (Å²) in [6.07, 6.45) is 7.09. The van der Waals surface area contributed by atoms with E-state index in [4.69, 9.17) is 0 Å². The molecule has 0 amide bonds. The summed E-state index contributed by atoms with van der Waals surface area (Å²) in [5.41, 5.74) is 0.736. The first-order valence-electron chi connectivity index (χ1n) is 6.74. The maximum Gasteiger partial charge on any atom is 0.0218 e. The number of hydrogen-bond donors (Lipinski definition) is 1. The highest BCUT2D eigenvalue weighted by molar-refractivity contribution is 4.97. The molecule has 2 heteroatoms. The van der Waals surface area contributed by atoms with Gasteiger partial charge in [-0.05, 0) is 31.1 Å². The Hall–Kier alpha value is -0.0800. The first-order chi connectivity index (χ1) is 7.29. The Balaban J connectivity index is 1.86. The standard InChI is InChI=1S/C13H26N2/c1-3-5-13(6-7-13)11-15-9-8-14-10-12(15)4-2/h12,14H,3-11H2,1-2H3. The third-order valence-electron chi connectivity index (χ3n) is 4.22. The average Bonchev–Trinajstić information content (AvgIpc) is 2.99. The van der Waals surface area contributed by atoms with Gasteiger partial charge in [0.25, 0.3) is 0 Å². The van der Waals surface area contributed by atoms with Crippen LogP contribution in [-0.4, -0.2) is 37.1 Å². The minimum absolute atomic E-state index is 0.736. The molecule has 2 nitrogen and oxygen atoms in total. The average molecular weight is 210 g/mol. The Morgan fingerprint density at radius 3 is 2.73 bits per heavy atom. The molecule has 0 spiro atoms. The third kappa shape index (κ3) is 2.73. The Bertz CT molecular complexity index is 199. The number of rotatable bonds is 5. The van der Waals surface area contributed by atoms with Crippen LogP contribution in [-0.2, 0) is 0 Å². The van der Waals surface area contributed by atoms with Gasteiger partial charge < -0.3 is 5.32 Å². The summed E-state index contributed by atoms with van der Waals surface area (Å²) < 4.78 is 0. The van der Waals surface area contributed by atoms with Crippen LogP contribution < -0.4 is 5.32 Å². The molecule has 2 aliphatic rings. The monoisotopic (exact) mass is 210 g/mol. The molecule has 1 aliphatic carbocycles. The first-order valence-corrected chi connectivity index (χ1v) is 6.74. The maximum atomic E-state index is 3.51.